The molecule has 0 fully saturated rings. The van der Waals surface area contributed by atoms with Crippen LogP contribution in [0.4, 0.5) is 11.4 Å². The Morgan fingerprint density at radius 1 is 0.824 bits per heavy atom. The van der Waals surface area contributed by atoms with Crippen LogP contribution in [0.5, 0.6) is 0 Å². The van der Waals surface area contributed by atoms with E-state index in [0.29, 0.717) is 17.8 Å². The molecule has 1 aliphatic rings. The van der Waals surface area contributed by atoms with E-state index >= 15 is 0 Å². The molecule has 0 unspecified atom stereocenters. The van der Waals surface area contributed by atoms with Crippen molar-refractivity contribution in [2.45, 2.75) is 19.5 Å². The highest BCUT2D eigenvalue weighted by atomic mass is 16.3. The van der Waals surface area contributed by atoms with Gasteiger partial charge in [-0.25, -0.2) is 0 Å². The number of hydrogen-bond donors (Lipinski definition) is 2. The highest BCUT2D eigenvalue weighted by Gasteiger charge is 2.16. The molecule has 0 bridgehead atoms. The predicted octanol–water partition coefficient (Wildman–Crippen LogP) is 5.02. The number of nitrogens with zero attached hydrogens (tertiary/aromatic N) is 1. The van der Waals surface area contributed by atoms with Crippen molar-refractivity contribution in [1.82, 2.24) is 5.32 Å². The van der Waals surface area contributed by atoms with Crippen LogP contribution in [0.15, 0.2) is 95.6 Å². The molecule has 0 saturated carbocycles. The van der Waals surface area contributed by atoms with Crippen LogP contribution in [0, 0.1) is 0 Å². The standard InChI is InChI=1S/C28H25N3O3/c32-27(29-18-20-7-11-24(12-8-20)30-28(33)26-6-3-17-34-26)22-9-13-25(14-10-22)31-16-15-21-4-1-2-5-23(21)19-31/h1-14,17H,15-16,18-19H2,(H,29,32)(H,30,33). The Kier molecular flexibility index (Phi) is 6.12. The molecule has 2 heterocycles. The average molecular weight is 452 g/mol. The topological polar surface area (TPSA) is 74.6 Å². The maximum atomic E-state index is 12.6. The van der Waals surface area contributed by atoms with Gasteiger partial charge in [-0.1, -0.05) is 36.4 Å². The van der Waals surface area contributed by atoms with Gasteiger partial charge in [-0.05, 0) is 71.6 Å². The van der Waals surface area contributed by atoms with Crippen LogP contribution >= 0.6 is 0 Å². The fourth-order valence-corrected chi connectivity index (χ4v) is 4.13. The third-order valence-electron chi connectivity index (χ3n) is 6.04. The van der Waals surface area contributed by atoms with Crippen molar-refractivity contribution in [3.05, 3.63) is 119 Å². The largest absolute Gasteiger partial charge is 0.459 e. The molecule has 0 atom stereocenters. The summed E-state index contributed by atoms with van der Waals surface area (Å²) in [6.45, 7) is 2.26. The quantitative estimate of drug-likeness (QED) is 0.431. The summed E-state index contributed by atoms with van der Waals surface area (Å²) in [4.78, 5) is 27.0. The minimum atomic E-state index is -0.303. The van der Waals surface area contributed by atoms with Crippen molar-refractivity contribution >= 4 is 23.2 Å². The molecule has 1 aromatic heterocycles. The van der Waals surface area contributed by atoms with Gasteiger partial charge in [-0.15, -0.1) is 0 Å². The Balaban J connectivity index is 1.14. The van der Waals surface area contributed by atoms with Crippen LogP contribution in [0.2, 0.25) is 0 Å². The van der Waals surface area contributed by atoms with Crippen molar-refractivity contribution in [3.8, 4) is 0 Å². The first-order valence-corrected chi connectivity index (χ1v) is 11.3. The Hall–Kier alpha value is -4.32. The highest BCUT2D eigenvalue weighted by molar-refractivity contribution is 6.02. The maximum absolute atomic E-state index is 12.6. The zero-order valence-corrected chi connectivity index (χ0v) is 18.7. The zero-order chi connectivity index (χ0) is 23.3. The Morgan fingerprint density at radius 2 is 1.59 bits per heavy atom. The van der Waals surface area contributed by atoms with E-state index in [9.17, 15) is 9.59 Å². The third kappa shape index (κ3) is 4.86. The van der Waals surface area contributed by atoms with Crippen molar-refractivity contribution in [1.29, 1.82) is 0 Å². The van der Waals surface area contributed by atoms with Crippen molar-refractivity contribution in [3.63, 3.8) is 0 Å². The van der Waals surface area contributed by atoms with E-state index in [1.54, 1.807) is 24.3 Å². The lowest BCUT2D eigenvalue weighted by molar-refractivity contribution is 0.0950. The first-order chi connectivity index (χ1) is 16.7. The van der Waals surface area contributed by atoms with Gasteiger partial charge in [0.1, 0.15) is 0 Å². The van der Waals surface area contributed by atoms with Gasteiger partial charge in [0.25, 0.3) is 11.8 Å². The van der Waals surface area contributed by atoms with Crippen LogP contribution in [0.1, 0.15) is 37.6 Å². The second-order valence-electron chi connectivity index (χ2n) is 8.30. The summed E-state index contributed by atoms with van der Waals surface area (Å²) in [6.07, 6.45) is 2.49. The summed E-state index contributed by atoms with van der Waals surface area (Å²) in [5.41, 5.74) is 6.13. The predicted molar refractivity (Wildman–Crippen MR) is 132 cm³/mol. The number of benzene rings is 3. The molecule has 0 aliphatic carbocycles. The van der Waals surface area contributed by atoms with Crippen LogP contribution in [0.25, 0.3) is 0 Å². The smallest absolute Gasteiger partial charge is 0.291 e. The lowest BCUT2D eigenvalue weighted by Crippen LogP contribution is -2.30. The molecule has 0 saturated heterocycles. The summed E-state index contributed by atoms with van der Waals surface area (Å²) in [7, 11) is 0. The van der Waals surface area contributed by atoms with Crippen molar-refractivity contribution < 1.29 is 14.0 Å². The fraction of sp³-hybridized carbons (Fsp3) is 0.143. The van der Waals surface area contributed by atoms with E-state index < -0.39 is 0 Å². The number of furan rings is 1. The van der Waals surface area contributed by atoms with Crippen LogP contribution in [-0.4, -0.2) is 18.4 Å². The number of anilines is 2. The number of carbonyl (C=O) groups excluding carboxylic acids is 2. The highest BCUT2D eigenvalue weighted by Crippen LogP contribution is 2.24. The van der Waals surface area contributed by atoms with Crippen LogP contribution in [-0.2, 0) is 19.5 Å². The average Bonchev–Trinajstić information content (AvgIpc) is 3.43. The summed E-state index contributed by atoms with van der Waals surface area (Å²) in [5, 5.41) is 5.73. The lowest BCUT2D eigenvalue weighted by atomic mass is 9.99. The molecule has 6 nitrogen and oxygen atoms in total. The molecule has 0 radical (unpaired) electrons. The van der Waals surface area contributed by atoms with Gasteiger partial charge >= 0.3 is 0 Å². The van der Waals surface area contributed by atoms with Gasteiger partial charge in [0.15, 0.2) is 5.76 Å². The number of hydrogen-bond acceptors (Lipinski definition) is 4. The van der Waals surface area contributed by atoms with E-state index in [4.69, 9.17) is 4.42 Å². The Morgan fingerprint density at radius 3 is 2.32 bits per heavy atom. The van der Waals surface area contributed by atoms with E-state index in [1.165, 1.54) is 17.4 Å². The van der Waals surface area contributed by atoms with Crippen molar-refractivity contribution in [2.75, 3.05) is 16.8 Å². The lowest BCUT2D eigenvalue weighted by Gasteiger charge is -2.30. The first kappa shape index (κ1) is 21.5. The monoisotopic (exact) mass is 451 g/mol. The first-order valence-electron chi connectivity index (χ1n) is 11.3. The minimum absolute atomic E-state index is 0.120. The van der Waals surface area contributed by atoms with Gasteiger partial charge < -0.3 is 20.0 Å². The van der Waals surface area contributed by atoms with Crippen LogP contribution < -0.4 is 15.5 Å². The number of carbonyl (C=O) groups is 2. The molecule has 6 heteroatoms. The van der Waals surface area contributed by atoms with E-state index in [-0.39, 0.29) is 17.6 Å². The van der Waals surface area contributed by atoms with Crippen molar-refractivity contribution in [2.24, 2.45) is 0 Å². The molecular formula is C28H25N3O3. The number of fused-ring (bicyclic) bond motifs is 1. The molecule has 2 N–H and O–H groups in total. The summed E-state index contributed by atoms with van der Waals surface area (Å²) >= 11 is 0. The van der Waals surface area contributed by atoms with E-state index in [1.807, 2.05) is 36.4 Å². The molecular weight excluding hydrogens is 426 g/mol. The zero-order valence-electron chi connectivity index (χ0n) is 18.7. The van der Waals surface area contributed by atoms with Gasteiger partial charge in [0.2, 0.25) is 0 Å². The molecule has 4 aromatic rings. The molecule has 5 rings (SSSR count). The van der Waals surface area contributed by atoms with Gasteiger partial charge in [-0.3, -0.25) is 9.59 Å². The van der Waals surface area contributed by atoms with Crippen LogP contribution in [0.3, 0.4) is 0 Å². The molecule has 3 aromatic carbocycles. The summed E-state index contributed by atoms with van der Waals surface area (Å²) in [5.74, 6) is -0.165. The van der Waals surface area contributed by atoms with E-state index in [2.05, 4.69) is 39.8 Å². The molecule has 2 amide bonds. The Bertz CT molecular complexity index is 1280. The second-order valence-corrected chi connectivity index (χ2v) is 8.30. The minimum Gasteiger partial charge on any atom is -0.459 e. The SMILES string of the molecule is O=C(NCc1ccc(NC(=O)c2ccco2)cc1)c1ccc(N2CCc3ccccc3C2)cc1. The maximum Gasteiger partial charge on any atom is 0.291 e. The molecule has 0 spiro atoms. The summed E-state index contributed by atoms with van der Waals surface area (Å²) in [6, 6.07) is 26.9. The van der Waals surface area contributed by atoms with E-state index in [0.717, 1.165) is 30.8 Å². The van der Waals surface area contributed by atoms with Gasteiger partial charge in [0, 0.05) is 36.6 Å². The van der Waals surface area contributed by atoms with Gasteiger partial charge in [0.05, 0.1) is 6.26 Å². The summed E-state index contributed by atoms with van der Waals surface area (Å²) < 4.78 is 5.09. The Labute approximate surface area is 198 Å². The molecule has 34 heavy (non-hydrogen) atoms. The fourth-order valence-electron chi connectivity index (χ4n) is 4.13. The number of rotatable bonds is 6. The second kappa shape index (κ2) is 9.67. The number of nitrogens with one attached hydrogen (secondary N) is 2. The molecule has 170 valence electrons. The third-order valence-corrected chi connectivity index (χ3v) is 6.04. The molecule has 1 aliphatic heterocycles. The van der Waals surface area contributed by atoms with Gasteiger partial charge in [-0.2, -0.15) is 0 Å². The number of amides is 2. The normalized spacial score (nSPS) is 12.6.